The quantitative estimate of drug-likeness (QED) is 0.265. The number of nitrogens with zero attached hydrogens (tertiary/aromatic N) is 3. The molecule has 0 aliphatic carbocycles. The molecule has 1 aromatic heterocycles. The van der Waals surface area contributed by atoms with Gasteiger partial charge in [-0.1, -0.05) is 37.6 Å². The number of tetrazole rings is 1. The summed E-state index contributed by atoms with van der Waals surface area (Å²) in [5, 5.41) is 24.5. The molecule has 8 nitrogen and oxygen atoms in total. The first-order valence-corrected chi connectivity index (χ1v) is 12.0. The van der Waals surface area contributed by atoms with Crippen molar-refractivity contribution in [3.05, 3.63) is 77.4 Å². The van der Waals surface area contributed by atoms with Gasteiger partial charge in [-0.2, -0.15) is 5.21 Å². The van der Waals surface area contributed by atoms with E-state index >= 15 is 0 Å². The van der Waals surface area contributed by atoms with Gasteiger partial charge in [0.2, 0.25) is 5.82 Å². The minimum absolute atomic E-state index is 0. The Morgan fingerprint density at radius 2 is 1.86 bits per heavy atom. The molecule has 0 saturated carbocycles. The summed E-state index contributed by atoms with van der Waals surface area (Å²) in [5.74, 6) is 0.745. The number of hydrogen-bond acceptors (Lipinski definition) is 7. The summed E-state index contributed by atoms with van der Waals surface area (Å²) in [6.45, 7) is 3.65. The van der Waals surface area contributed by atoms with E-state index in [1.165, 1.54) is 6.92 Å². The molecular formula is C25H25N4NaO4S. The largest absolute Gasteiger partial charge is 1.00 e. The van der Waals surface area contributed by atoms with Crippen molar-refractivity contribution in [1.82, 2.24) is 20.6 Å². The van der Waals surface area contributed by atoms with E-state index in [1.807, 2.05) is 31.2 Å². The first-order valence-electron chi connectivity index (χ1n) is 10.8. The van der Waals surface area contributed by atoms with Crippen LogP contribution in [-0.2, 0) is 23.8 Å². The van der Waals surface area contributed by atoms with E-state index in [0.29, 0.717) is 33.3 Å². The molecule has 0 amide bonds. The third-order valence-electron chi connectivity index (χ3n) is 5.28. The van der Waals surface area contributed by atoms with Crippen LogP contribution in [0.25, 0.3) is 11.4 Å². The number of carbonyl (C=O) groups is 1. The third-order valence-corrected chi connectivity index (χ3v) is 6.64. The van der Waals surface area contributed by atoms with Crippen LogP contribution in [0.3, 0.4) is 0 Å². The molecule has 0 spiro atoms. The van der Waals surface area contributed by atoms with Crippen molar-refractivity contribution in [2.75, 3.05) is 0 Å². The smallest absolute Gasteiger partial charge is 1.00 e. The molecule has 1 unspecified atom stereocenters. The summed E-state index contributed by atoms with van der Waals surface area (Å²) >= 11 is 0. The number of H-pyrrole nitrogens is 1. The van der Waals surface area contributed by atoms with Crippen LogP contribution in [-0.4, -0.2) is 35.7 Å². The molecule has 0 bridgehead atoms. The Labute approximate surface area is 229 Å². The second kappa shape index (κ2) is 12.2. The maximum absolute atomic E-state index is 13.2. The number of aromatic nitrogens is 4. The van der Waals surface area contributed by atoms with Crippen molar-refractivity contribution in [2.45, 2.75) is 43.1 Å². The van der Waals surface area contributed by atoms with Crippen LogP contribution in [0.5, 0.6) is 11.5 Å². The number of carbonyl (C=O) groups excluding carboxylic acids is 1. The second-order valence-corrected chi connectivity index (χ2v) is 9.19. The molecule has 2 N–H and O–H groups in total. The summed E-state index contributed by atoms with van der Waals surface area (Å²) in [7, 11) is -1.42. The van der Waals surface area contributed by atoms with Gasteiger partial charge in [-0.3, -0.25) is 4.79 Å². The predicted molar refractivity (Wildman–Crippen MR) is 128 cm³/mol. The standard InChI is InChI=1S/C25H24N4O4S.Na.H/c1-3-6-22-23(12-11-21(16(2)30)24(22)31)33-15-17-7-4-9-19(13-17)34(32)20-10-5-8-18(14-20)25-26-28-29-27-25;;/h4-5,7-14,31H,3,6,15H2,1-2H3,(H,26,27,28,29);;/q;+1;-1. The monoisotopic (exact) mass is 500 g/mol. The van der Waals surface area contributed by atoms with E-state index in [-0.39, 0.29) is 54.7 Å². The van der Waals surface area contributed by atoms with Crippen LogP contribution in [0.2, 0.25) is 0 Å². The van der Waals surface area contributed by atoms with Crippen molar-refractivity contribution >= 4 is 16.6 Å². The van der Waals surface area contributed by atoms with Gasteiger partial charge >= 0.3 is 29.6 Å². The van der Waals surface area contributed by atoms with Gasteiger partial charge in [-0.15, -0.1) is 10.2 Å². The number of ether oxygens (including phenoxy) is 1. The number of aromatic hydroxyl groups is 1. The second-order valence-electron chi connectivity index (χ2n) is 7.71. The van der Waals surface area contributed by atoms with Gasteiger partial charge in [0.25, 0.3) is 0 Å². The van der Waals surface area contributed by atoms with Crippen LogP contribution in [0.1, 0.15) is 43.2 Å². The van der Waals surface area contributed by atoms with Crippen molar-refractivity contribution in [2.24, 2.45) is 0 Å². The number of aromatic amines is 1. The Kier molecular flexibility index (Phi) is 9.33. The summed E-state index contributed by atoms with van der Waals surface area (Å²) in [6.07, 6.45) is 1.38. The molecule has 0 saturated heterocycles. The van der Waals surface area contributed by atoms with E-state index in [0.717, 1.165) is 17.5 Å². The fourth-order valence-corrected chi connectivity index (χ4v) is 4.78. The molecule has 0 fully saturated rings. The Morgan fingerprint density at radius 1 is 1.11 bits per heavy atom. The van der Waals surface area contributed by atoms with Crippen molar-refractivity contribution in [1.29, 1.82) is 0 Å². The van der Waals surface area contributed by atoms with Gasteiger partial charge in [-0.05, 0) is 60.5 Å². The molecule has 4 rings (SSSR count). The molecule has 10 heteroatoms. The van der Waals surface area contributed by atoms with Gasteiger partial charge in [0.15, 0.2) is 5.78 Å². The van der Waals surface area contributed by atoms with Crippen LogP contribution < -0.4 is 34.3 Å². The Bertz CT molecular complexity index is 1350. The van der Waals surface area contributed by atoms with E-state index in [9.17, 15) is 14.1 Å². The van der Waals surface area contributed by atoms with Crippen LogP contribution in [0.15, 0.2) is 70.5 Å². The van der Waals surface area contributed by atoms with Crippen LogP contribution in [0.4, 0.5) is 0 Å². The van der Waals surface area contributed by atoms with E-state index in [2.05, 4.69) is 20.6 Å². The van der Waals surface area contributed by atoms with E-state index in [4.69, 9.17) is 4.74 Å². The summed E-state index contributed by atoms with van der Waals surface area (Å²) in [6, 6.07) is 17.9. The molecular weight excluding hydrogens is 475 g/mol. The SMILES string of the molecule is CCCc1c(OCc2cccc(S(=O)c3cccc(-c4nn[nH]n4)c3)c2)ccc(C(C)=O)c1O.[H-].[Na+]. The molecule has 0 aliphatic heterocycles. The van der Waals surface area contributed by atoms with Gasteiger partial charge in [-0.25, -0.2) is 4.21 Å². The number of rotatable bonds is 9. The minimum Gasteiger partial charge on any atom is -1.00 e. The molecule has 1 heterocycles. The first-order chi connectivity index (χ1) is 16.5. The molecule has 4 aromatic rings. The van der Waals surface area contributed by atoms with Crippen LogP contribution >= 0.6 is 0 Å². The van der Waals surface area contributed by atoms with Gasteiger partial charge < -0.3 is 11.3 Å². The van der Waals surface area contributed by atoms with Crippen molar-refractivity contribution in [3.8, 4) is 22.9 Å². The van der Waals surface area contributed by atoms with E-state index < -0.39 is 10.8 Å². The number of hydrogen-bond donors (Lipinski definition) is 2. The number of nitrogens with one attached hydrogen (secondary N) is 1. The van der Waals surface area contributed by atoms with E-state index in [1.54, 1.807) is 36.4 Å². The Morgan fingerprint density at radius 3 is 2.54 bits per heavy atom. The topological polar surface area (TPSA) is 118 Å². The number of phenols is 1. The molecule has 3 aromatic carbocycles. The number of phenolic OH excluding ortho intramolecular Hbond substituents is 1. The zero-order chi connectivity index (χ0) is 24.1. The number of Topliss-reactive ketones (excluding diaryl/α,β-unsaturated/α-hetero) is 1. The maximum Gasteiger partial charge on any atom is 1.00 e. The van der Waals surface area contributed by atoms with Gasteiger partial charge in [0.05, 0.1) is 16.4 Å². The van der Waals surface area contributed by atoms with Gasteiger partial charge in [0, 0.05) is 20.9 Å². The van der Waals surface area contributed by atoms with Crippen molar-refractivity contribution < 1.29 is 49.8 Å². The number of ketones is 1. The first kappa shape index (κ1) is 26.7. The van der Waals surface area contributed by atoms with Gasteiger partial charge in [0.1, 0.15) is 18.1 Å². The molecule has 176 valence electrons. The van der Waals surface area contributed by atoms with Crippen LogP contribution in [0, 0.1) is 0 Å². The fourth-order valence-electron chi connectivity index (χ4n) is 3.61. The zero-order valence-electron chi connectivity index (χ0n) is 20.8. The average molecular weight is 501 g/mol. The molecule has 1 atom stereocenters. The summed E-state index contributed by atoms with van der Waals surface area (Å²) in [4.78, 5) is 13.0. The fraction of sp³-hybridized carbons (Fsp3) is 0.200. The predicted octanol–water partition coefficient (Wildman–Crippen LogP) is 1.59. The maximum atomic E-state index is 13.2. The third kappa shape index (κ3) is 6.24. The molecule has 0 radical (unpaired) electrons. The summed E-state index contributed by atoms with van der Waals surface area (Å²) in [5.41, 5.74) is 2.46. The summed E-state index contributed by atoms with van der Waals surface area (Å²) < 4.78 is 19.2. The minimum atomic E-state index is -1.42. The Balaban J connectivity index is 0.00000228. The average Bonchev–Trinajstić information content (AvgIpc) is 3.39. The molecule has 35 heavy (non-hydrogen) atoms. The number of benzene rings is 3. The van der Waals surface area contributed by atoms with Crippen molar-refractivity contribution in [3.63, 3.8) is 0 Å². The molecule has 0 aliphatic rings. The zero-order valence-corrected chi connectivity index (χ0v) is 22.6. The Hall–Kier alpha value is -2.85. The normalized spacial score (nSPS) is 11.5.